The van der Waals surface area contributed by atoms with E-state index in [1.165, 1.54) is 11.1 Å². The third kappa shape index (κ3) is 6.15. The predicted octanol–water partition coefficient (Wildman–Crippen LogP) is 5.42. The third-order valence-corrected chi connectivity index (χ3v) is 5.36. The zero-order chi connectivity index (χ0) is 19.9. The quantitative estimate of drug-likeness (QED) is 0.551. The summed E-state index contributed by atoms with van der Waals surface area (Å²) in [5.74, 6) is 2.37. The lowest BCUT2D eigenvalue weighted by molar-refractivity contribution is 0.125. The number of aliphatic hydroxyl groups excluding tert-OH is 1. The first-order valence-corrected chi connectivity index (χ1v) is 10.1. The van der Waals surface area contributed by atoms with Crippen molar-refractivity contribution in [3.8, 4) is 11.5 Å². The summed E-state index contributed by atoms with van der Waals surface area (Å²) in [5.41, 5.74) is 2.29. The number of halogens is 1. The first kappa shape index (κ1) is 21.6. The standard InChI is InChI=1S/C23H31ClO3/c1-5-17(2)15-26-21-10-6-18(7-11-21)23(3,4)19-8-12-22(13-9-19)27-16-20(25)14-24/h6-13,17,20,25H,5,14-16H2,1-4H3/t17-,20-/m1/s1. The van der Waals surface area contributed by atoms with Crippen molar-refractivity contribution in [2.75, 3.05) is 19.1 Å². The van der Waals surface area contributed by atoms with Crippen LogP contribution in [0.4, 0.5) is 0 Å². The van der Waals surface area contributed by atoms with Gasteiger partial charge in [-0.05, 0) is 41.3 Å². The van der Waals surface area contributed by atoms with Gasteiger partial charge in [-0.2, -0.15) is 0 Å². The molecule has 0 aliphatic carbocycles. The van der Waals surface area contributed by atoms with Crippen molar-refractivity contribution in [2.45, 2.75) is 45.6 Å². The smallest absolute Gasteiger partial charge is 0.119 e. The minimum absolute atomic E-state index is 0.135. The number of alkyl halides is 1. The minimum Gasteiger partial charge on any atom is -0.493 e. The lowest BCUT2D eigenvalue weighted by Crippen LogP contribution is -2.20. The van der Waals surface area contributed by atoms with Crippen LogP contribution in [0.3, 0.4) is 0 Å². The van der Waals surface area contributed by atoms with Gasteiger partial charge in [0.15, 0.2) is 0 Å². The fraction of sp³-hybridized carbons (Fsp3) is 0.478. The van der Waals surface area contributed by atoms with Crippen molar-refractivity contribution in [1.82, 2.24) is 0 Å². The number of aliphatic hydroxyl groups is 1. The van der Waals surface area contributed by atoms with Crippen LogP contribution >= 0.6 is 11.6 Å². The highest BCUT2D eigenvalue weighted by atomic mass is 35.5. The highest BCUT2D eigenvalue weighted by Crippen LogP contribution is 2.33. The molecule has 0 heterocycles. The topological polar surface area (TPSA) is 38.7 Å². The maximum absolute atomic E-state index is 9.49. The zero-order valence-corrected chi connectivity index (χ0v) is 17.5. The molecule has 0 spiro atoms. The molecule has 0 unspecified atom stereocenters. The maximum atomic E-state index is 9.49. The van der Waals surface area contributed by atoms with E-state index in [1.54, 1.807) is 0 Å². The zero-order valence-electron chi connectivity index (χ0n) is 16.7. The molecule has 2 aromatic carbocycles. The number of ether oxygens (including phenoxy) is 2. The fourth-order valence-corrected chi connectivity index (χ4v) is 2.78. The van der Waals surface area contributed by atoms with E-state index in [1.807, 2.05) is 24.3 Å². The van der Waals surface area contributed by atoms with Gasteiger partial charge in [0.2, 0.25) is 0 Å². The third-order valence-electron chi connectivity index (χ3n) is 5.00. The van der Waals surface area contributed by atoms with E-state index in [-0.39, 0.29) is 17.9 Å². The largest absolute Gasteiger partial charge is 0.493 e. The molecule has 2 aromatic rings. The van der Waals surface area contributed by atoms with Gasteiger partial charge in [-0.15, -0.1) is 11.6 Å². The van der Waals surface area contributed by atoms with Gasteiger partial charge in [-0.3, -0.25) is 0 Å². The van der Waals surface area contributed by atoms with Crippen LogP contribution in [0, 0.1) is 5.92 Å². The van der Waals surface area contributed by atoms with Crippen molar-refractivity contribution in [1.29, 1.82) is 0 Å². The molecule has 4 heteroatoms. The van der Waals surface area contributed by atoms with Gasteiger partial charge >= 0.3 is 0 Å². The molecule has 0 aliphatic heterocycles. The van der Waals surface area contributed by atoms with Gasteiger partial charge in [0, 0.05) is 5.41 Å². The minimum atomic E-state index is -0.649. The molecule has 0 aromatic heterocycles. The Balaban J connectivity index is 2.04. The molecule has 1 N–H and O–H groups in total. The summed E-state index contributed by atoms with van der Waals surface area (Å²) in [6.45, 7) is 9.73. The van der Waals surface area contributed by atoms with Crippen LogP contribution < -0.4 is 9.47 Å². The highest BCUT2D eigenvalue weighted by Gasteiger charge is 2.23. The van der Waals surface area contributed by atoms with Crippen molar-refractivity contribution in [3.05, 3.63) is 59.7 Å². The average Bonchev–Trinajstić information content (AvgIpc) is 2.70. The molecule has 148 valence electrons. The first-order chi connectivity index (χ1) is 12.9. The van der Waals surface area contributed by atoms with Crippen molar-refractivity contribution in [2.24, 2.45) is 5.92 Å². The maximum Gasteiger partial charge on any atom is 0.119 e. The predicted molar refractivity (Wildman–Crippen MR) is 112 cm³/mol. The van der Waals surface area contributed by atoms with Crippen LogP contribution in [0.2, 0.25) is 0 Å². The van der Waals surface area contributed by atoms with E-state index in [9.17, 15) is 5.11 Å². The van der Waals surface area contributed by atoms with Crippen LogP contribution in [0.25, 0.3) is 0 Å². The Hall–Kier alpha value is -1.71. The molecular formula is C23H31ClO3. The Kier molecular flexibility index (Phi) is 8.00. The van der Waals surface area contributed by atoms with Gasteiger partial charge < -0.3 is 14.6 Å². The van der Waals surface area contributed by atoms with E-state index in [4.69, 9.17) is 21.1 Å². The molecule has 0 bridgehead atoms. The van der Waals surface area contributed by atoms with Crippen LogP contribution in [-0.2, 0) is 5.41 Å². The molecular weight excluding hydrogens is 360 g/mol. The first-order valence-electron chi connectivity index (χ1n) is 9.57. The summed E-state index contributed by atoms with van der Waals surface area (Å²) in [6.07, 6.45) is 0.471. The highest BCUT2D eigenvalue weighted by molar-refractivity contribution is 6.18. The van der Waals surface area contributed by atoms with Crippen LogP contribution in [0.1, 0.15) is 45.2 Å². The monoisotopic (exact) mass is 390 g/mol. The lowest BCUT2D eigenvalue weighted by atomic mass is 9.78. The summed E-state index contributed by atoms with van der Waals surface area (Å²) in [7, 11) is 0. The van der Waals surface area contributed by atoms with Crippen molar-refractivity contribution >= 4 is 11.6 Å². The van der Waals surface area contributed by atoms with Gasteiger partial charge in [0.1, 0.15) is 24.2 Å². The molecule has 0 radical (unpaired) electrons. The molecule has 0 saturated carbocycles. The normalized spacial score (nSPS) is 13.9. The molecule has 3 nitrogen and oxygen atoms in total. The Morgan fingerprint density at radius 1 is 0.889 bits per heavy atom. The number of hydrogen-bond donors (Lipinski definition) is 1. The number of rotatable bonds is 10. The summed E-state index contributed by atoms with van der Waals surface area (Å²) in [4.78, 5) is 0. The molecule has 0 saturated heterocycles. The van der Waals surface area contributed by atoms with Crippen LogP contribution in [-0.4, -0.2) is 30.3 Å². The summed E-state index contributed by atoms with van der Waals surface area (Å²) >= 11 is 5.59. The Labute approximate surface area is 168 Å². The summed E-state index contributed by atoms with van der Waals surface area (Å²) < 4.78 is 11.4. The van der Waals surface area contributed by atoms with Crippen molar-refractivity contribution in [3.63, 3.8) is 0 Å². The van der Waals surface area contributed by atoms with Crippen molar-refractivity contribution < 1.29 is 14.6 Å². The van der Waals surface area contributed by atoms with E-state index in [0.29, 0.717) is 5.92 Å². The second-order valence-electron chi connectivity index (χ2n) is 7.62. The summed E-state index contributed by atoms with van der Waals surface area (Å²) in [5, 5.41) is 9.49. The van der Waals surface area contributed by atoms with Gasteiger partial charge in [0.05, 0.1) is 12.5 Å². The van der Waals surface area contributed by atoms with E-state index < -0.39 is 6.10 Å². The SMILES string of the molecule is CC[C@@H](C)COc1ccc(C(C)(C)c2ccc(OC[C@H](O)CCl)cc2)cc1. The van der Waals surface area contributed by atoms with E-state index in [2.05, 4.69) is 52.0 Å². The van der Waals surface area contributed by atoms with Gasteiger partial charge in [-0.25, -0.2) is 0 Å². The van der Waals surface area contributed by atoms with E-state index in [0.717, 1.165) is 24.5 Å². The Morgan fingerprint density at radius 3 is 1.74 bits per heavy atom. The second-order valence-corrected chi connectivity index (χ2v) is 7.93. The van der Waals surface area contributed by atoms with Gasteiger partial charge in [0.25, 0.3) is 0 Å². The summed E-state index contributed by atoms with van der Waals surface area (Å²) in [6, 6.07) is 16.4. The van der Waals surface area contributed by atoms with Gasteiger partial charge in [-0.1, -0.05) is 58.4 Å². The molecule has 0 aliphatic rings. The molecule has 2 atom stereocenters. The Bertz CT molecular complexity index is 620. The molecule has 2 rings (SSSR count). The number of benzene rings is 2. The van der Waals surface area contributed by atoms with E-state index >= 15 is 0 Å². The second kappa shape index (κ2) is 10.0. The Morgan fingerprint density at radius 2 is 1.33 bits per heavy atom. The fourth-order valence-electron chi connectivity index (χ4n) is 2.70. The average molecular weight is 391 g/mol. The molecule has 0 amide bonds. The lowest BCUT2D eigenvalue weighted by Gasteiger charge is -2.26. The molecule has 27 heavy (non-hydrogen) atoms. The van der Waals surface area contributed by atoms with Crippen LogP contribution in [0.5, 0.6) is 11.5 Å². The molecule has 0 fully saturated rings. The number of hydrogen-bond acceptors (Lipinski definition) is 3. The van der Waals surface area contributed by atoms with Crippen LogP contribution in [0.15, 0.2) is 48.5 Å².